The molecule has 4 aromatic rings. The van der Waals surface area contributed by atoms with Crippen LogP contribution >= 0.6 is 0 Å². The molecule has 0 atom stereocenters. The van der Waals surface area contributed by atoms with Crippen LogP contribution in [0.2, 0.25) is 0 Å². The molecule has 2 aromatic heterocycles. The van der Waals surface area contributed by atoms with E-state index < -0.39 is 20.7 Å². The number of benzene rings is 2. The third-order valence-corrected chi connectivity index (χ3v) is 7.03. The number of sulfonamides is 1. The van der Waals surface area contributed by atoms with Crippen molar-refractivity contribution in [3.8, 4) is 18.1 Å². The predicted octanol–water partition coefficient (Wildman–Crippen LogP) is 2.50. The van der Waals surface area contributed by atoms with Gasteiger partial charge in [0, 0.05) is 5.56 Å². The zero-order valence-electron chi connectivity index (χ0n) is 18.4. The standard InChI is InChI=1S/C23H18FN5O5S/c1-3-21(30)28-12-15-10-25-29(17(15)13-28)11-14-8-18(33-2)22-19(9-14)34-26-23(22)27-35(31,32)20-7-5-4-6-16(20)24/h1,4-10H,11-13H2,2H3,(H,26,27). The second-order valence-electron chi connectivity index (χ2n) is 7.82. The number of carbonyl (C=O) groups excluding carboxylic acids is 1. The van der Waals surface area contributed by atoms with Crippen molar-refractivity contribution in [2.24, 2.45) is 0 Å². The minimum Gasteiger partial charge on any atom is -0.496 e. The van der Waals surface area contributed by atoms with E-state index in [0.29, 0.717) is 25.4 Å². The molecule has 5 rings (SSSR count). The fourth-order valence-corrected chi connectivity index (χ4v) is 5.09. The number of amides is 1. The number of terminal acetylenes is 1. The van der Waals surface area contributed by atoms with Crippen LogP contribution in [0.25, 0.3) is 11.0 Å². The highest BCUT2D eigenvalue weighted by molar-refractivity contribution is 7.92. The molecule has 0 bridgehead atoms. The van der Waals surface area contributed by atoms with E-state index in [0.717, 1.165) is 29.0 Å². The summed E-state index contributed by atoms with van der Waals surface area (Å²) in [6.45, 7) is 1.08. The molecule has 10 nitrogen and oxygen atoms in total. The predicted molar refractivity (Wildman–Crippen MR) is 122 cm³/mol. The van der Waals surface area contributed by atoms with Gasteiger partial charge in [-0.1, -0.05) is 17.3 Å². The van der Waals surface area contributed by atoms with Crippen LogP contribution in [-0.2, 0) is 34.5 Å². The summed E-state index contributed by atoms with van der Waals surface area (Å²) in [6, 6.07) is 8.39. The highest BCUT2D eigenvalue weighted by Crippen LogP contribution is 2.35. The van der Waals surface area contributed by atoms with E-state index in [1.165, 1.54) is 19.2 Å². The van der Waals surface area contributed by atoms with Crippen LogP contribution in [0.3, 0.4) is 0 Å². The number of nitrogens with one attached hydrogen (secondary N) is 1. The van der Waals surface area contributed by atoms with Gasteiger partial charge in [-0.3, -0.25) is 14.2 Å². The van der Waals surface area contributed by atoms with Crippen molar-refractivity contribution >= 4 is 32.7 Å². The van der Waals surface area contributed by atoms with Gasteiger partial charge < -0.3 is 14.2 Å². The van der Waals surface area contributed by atoms with Gasteiger partial charge in [0.15, 0.2) is 11.4 Å². The molecular weight excluding hydrogens is 477 g/mol. The molecule has 1 N–H and O–H groups in total. The van der Waals surface area contributed by atoms with Crippen molar-refractivity contribution in [2.75, 3.05) is 11.8 Å². The summed E-state index contributed by atoms with van der Waals surface area (Å²) in [6.07, 6.45) is 6.92. The Morgan fingerprint density at radius 3 is 2.86 bits per heavy atom. The maximum atomic E-state index is 14.1. The number of ether oxygens (including phenoxy) is 1. The van der Waals surface area contributed by atoms with Crippen molar-refractivity contribution in [2.45, 2.75) is 24.5 Å². The fraction of sp³-hybridized carbons (Fsp3) is 0.174. The van der Waals surface area contributed by atoms with E-state index in [1.807, 2.05) is 0 Å². The number of rotatable bonds is 6. The molecule has 12 heteroatoms. The molecule has 0 spiro atoms. The average molecular weight is 495 g/mol. The highest BCUT2D eigenvalue weighted by atomic mass is 32.2. The van der Waals surface area contributed by atoms with Crippen LogP contribution in [0.1, 0.15) is 16.8 Å². The Labute approximate surface area is 199 Å². The molecule has 0 unspecified atom stereocenters. The normalized spacial score (nSPS) is 13.0. The molecule has 0 fully saturated rings. The van der Waals surface area contributed by atoms with E-state index in [4.69, 9.17) is 15.7 Å². The van der Waals surface area contributed by atoms with Crippen LogP contribution in [0, 0.1) is 18.2 Å². The van der Waals surface area contributed by atoms with Crippen molar-refractivity contribution in [1.82, 2.24) is 19.8 Å². The number of carbonyl (C=O) groups is 1. The van der Waals surface area contributed by atoms with Crippen molar-refractivity contribution in [3.05, 3.63) is 65.2 Å². The molecule has 1 aliphatic rings. The number of methoxy groups -OCH3 is 1. The SMILES string of the molecule is C#CC(=O)N1Cc2cnn(Cc3cc(OC)c4c(NS(=O)(=O)c5ccccc5F)noc4c3)c2C1. The Kier molecular flexibility index (Phi) is 5.41. The topological polar surface area (TPSA) is 120 Å². The number of nitrogens with zero attached hydrogens (tertiary/aromatic N) is 4. The fourth-order valence-electron chi connectivity index (χ4n) is 4.01. The first-order chi connectivity index (χ1) is 16.8. The minimum atomic E-state index is -4.27. The quantitative estimate of drug-likeness (QED) is 0.408. The number of halogens is 1. The first kappa shape index (κ1) is 22.4. The summed E-state index contributed by atoms with van der Waals surface area (Å²) in [7, 11) is -2.84. The lowest BCUT2D eigenvalue weighted by Crippen LogP contribution is -2.24. The van der Waals surface area contributed by atoms with Gasteiger partial charge in [0.1, 0.15) is 21.8 Å². The van der Waals surface area contributed by atoms with E-state index in [-0.39, 0.29) is 22.7 Å². The van der Waals surface area contributed by atoms with Gasteiger partial charge in [-0.05, 0) is 35.7 Å². The maximum absolute atomic E-state index is 14.1. The number of anilines is 1. The third kappa shape index (κ3) is 3.95. The summed E-state index contributed by atoms with van der Waals surface area (Å²) in [5.74, 6) is 1.02. The number of hydrogen-bond donors (Lipinski definition) is 1. The summed E-state index contributed by atoms with van der Waals surface area (Å²) in [4.78, 5) is 12.9. The smallest absolute Gasteiger partial charge is 0.298 e. The zero-order chi connectivity index (χ0) is 24.7. The monoisotopic (exact) mass is 495 g/mol. The molecule has 0 radical (unpaired) electrons. The Balaban J connectivity index is 1.45. The zero-order valence-corrected chi connectivity index (χ0v) is 19.2. The molecule has 0 saturated heterocycles. The summed E-state index contributed by atoms with van der Waals surface area (Å²) >= 11 is 0. The summed E-state index contributed by atoms with van der Waals surface area (Å²) in [5, 5.41) is 8.51. The van der Waals surface area contributed by atoms with Crippen molar-refractivity contribution < 1.29 is 26.9 Å². The first-order valence-corrected chi connectivity index (χ1v) is 11.8. The van der Waals surface area contributed by atoms with Crippen LogP contribution < -0.4 is 9.46 Å². The summed E-state index contributed by atoms with van der Waals surface area (Å²) in [5.41, 5.74) is 2.77. The van der Waals surface area contributed by atoms with E-state index in [2.05, 4.69) is 20.9 Å². The number of aromatic nitrogens is 3. The molecule has 1 aliphatic heterocycles. The Bertz CT molecular complexity index is 1620. The van der Waals surface area contributed by atoms with E-state index >= 15 is 0 Å². The van der Waals surface area contributed by atoms with Gasteiger partial charge in [0.25, 0.3) is 15.9 Å². The highest BCUT2D eigenvalue weighted by Gasteiger charge is 2.27. The van der Waals surface area contributed by atoms with Gasteiger partial charge >= 0.3 is 0 Å². The maximum Gasteiger partial charge on any atom is 0.298 e. The van der Waals surface area contributed by atoms with Gasteiger partial charge in [0.05, 0.1) is 38.6 Å². The lowest BCUT2D eigenvalue weighted by atomic mass is 10.1. The van der Waals surface area contributed by atoms with Crippen molar-refractivity contribution in [3.63, 3.8) is 0 Å². The Hall–Kier alpha value is -4.37. The Morgan fingerprint density at radius 2 is 2.11 bits per heavy atom. The Morgan fingerprint density at radius 1 is 1.31 bits per heavy atom. The lowest BCUT2D eigenvalue weighted by Gasteiger charge is -2.13. The van der Waals surface area contributed by atoms with Gasteiger partial charge in [-0.2, -0.15) is 5.10 Å². The first-order valence-electron chi connectivity index (χ1n) is 10.3. The lowest BCUT2D eigenvalue weighted by molar-refractivity contribution is -0.125. The van der Waals surface area contributed by atoms with Crippen molar-refractivity contribution in [1.29, 1.82) is 0 Å². The van der Waals surface area contributed by atoms with Gasteiger partial charge in [-0.15, -0.1) is 6.42 Å². The molecule has 0 aliphatic carbocycles. The van der Waals surface area contributed by atoms with Gasteiger partial charge in [0.2, 0.25) is 0 Å². The van der Waals surface area contributed by atoms with Crippen LogP contribution in [0.4, 0.5) is 10.2 Å². The molecule has 2 aromatic carbocycles. The van der Waals surface area contributed by atoms with Gasteiger partial charge in [-0.25, -0.2) is 12.8 Å². The number of fused-ring (bicyclic) bond motifs is 2. The molecular formula is C23H18FN5O5S. The van der Waals surface area contributed by atoms with E-state index in [1.54, 1.807) is 27.9 Å². The second-order valence-corrected chi connectivity index (χ2v) is 9.47. The average Bonchev–Trinajstić information content (AvgIpc) is 3.54. The third-order valence-electron chi connectivity index (χ3n) is 5.66. The minimum absolute atomic E-state index is 0.130. The summed E-state index contributed by atoms with van der Waals surface area (Å²) < 4.78 is 54.4. The molecule has 178 valence electrons. The largest absolute Gasteiger partial charge is 0.496 e. The number of hydrogen-bond acceptors (Lipinski definition) is 7. The molecule has 1 amide bonds. The van der Waals surface area contributed by atoms with Crippen LogP contribution in [0.5, 0.6) is 5.75 Å². The van der Waals surface area contributed by atoms with Crippen LogP contribution in [-0.4, -0.2) is 41.3 Å². The molecule has 35 heavy (non-hydrogen) atoms. The molecule has 0 saturated carbocycles. The second kappa shape index (κ2) is 8.44. The van der Waals surface area contributed by atoms with E-state index in [9.17, 15) is 17.6 Å². The van der Waals surface area contributed by atoms with Crippen LogP contribution in [0.15, 0.2) is 52.0 Å². The molecule has 3 heterocycles.